The number of ether oxygens (including phenoxy) is 1. The van der Waals surface area contributed by atoms with Crippen molar-refractivity contribution in [3.63, 3.8) is 0 Å². The molecule has 1 atom stereocenters. The summed E-state index contributed by atoms with van der Waals surface area (Å²) in [4.78, 5) is 12.2. The van der Waals surface area contributed by atoms with Gasteiger partial charge in [0.05, 0.1) is 7.11 Å². The van der Waals surface area contributed by atoms with Gasteiger partial charge in [0.25, 0.3) is 0 Å². The largest absolute Gasteiger partial charge is 0.468 e. The van der Waals surface area contributed by atoms with Gasteiger partial charge in [-0.3, -0.25) is 10.1 Å². The van der Waals surface area contributed by atoms with Crippen LogP contribution in [0.2, 0.25) is 0 Å². The molecule has 0 aliphatic carbocycles. The van der Waals surface area contributed by atoms with Gasteiger partial charge in [-0.25, -0.2) is 0 Å². The normalized spacial score (nSPS) is 12.5. The molecule has 1 unspecified atom stereocenters. The van der Waals surface area contributed by atoms with Crippen molar-refractivity contribution < 1.29 is 9.53 Å². The Morgan fingerprint density at radius 2 is 2.54 bits per heavy atom. The van der Waals surface area contributed by atoms with Crippen molar-refractivity contribution in [3.05, 3.63) is 22.4 Å². The molecule has 0 radical (unpaired) electrons. The summed E-state index contributed by atoms with van der Waals surface area (Å²) in [5.41, 5.74) is 0. The van der Waals surface area contributed by atoms with E-state index < -0.39 is 0 Å². The predicted molar refractivity (Wildman–Crippen MR) is 52.6 cm³/mol. The summed E-state index contributed by atoms with van der Waals surface area (Å²) in [5, 5.41) is 5.09. The number of hydrogen-bond donors (Lipinski definition) is 1. The molecular formula is C9H13NO2S. The van der Waals surface area contributed by atoms with Crippen LogP contribution in [0.3, 0.4) is 0 Å². The number of rotatable bonds is 4. The van der Waals surface area contributed by atoms with E-state index in [0.29, 0.717) is 6.54 Å². The number of carbonyl (C=O) groups excluding carboxylic acids is 1. The lowest BCUT2D eigenvalue weighted by molar-refractivity contribution is -0.142. The lowest BCUT2D eigenvalue weighted by atomic mass is 10.3. The predicted octanol–water partition coefficient (Wildman–Crippen LogP) is 1.40. The highest BCUT2D eigenvalue weighted by Crippen LogP contribution is 2.07. The summed E-state index contributed by atoms with van der Waals surface area (Å²) in [6, 6.07) is 3.78. The molecule has 4 heteroatoms. The Hall–Kier alpha value is -0.870. The van der Waals surface area contributed by atoms with Crippen LogP contribution in [0.15, 0.2) is 17.5 Å². The molecule has 1 N–H and O–H groups in total. The zero-order valence-corrected chi connectivity index (χ0v) is 8.56. The Bertz CT molecular complexity index is 259. The quantitative estimate of drug-likeness (QED) is 0.745. The summed E-state index contributed by atoms with van der Waals surface area (Å²) in [7, 11) is 1.39. The second-order valence-corrected chi connectivity index (χ2v) is 3.74. The summed E-state index contributed by atoms with van der Waals surface area (Å²) >= 11 is 1.67. The van der Waals surface area contributed by atoms with Crippen LogP contribution in [-0.2, 0) is 16.1 Å². The van der Waals surface area contributed by atoms with E-state index in [4.69, 9.17) is 0 Å². The highest BCUT2D eigenvalue weighted by Gasteiger charge is 2.11. The maximum absolute atomic E-state index is 11.0. The van der Waals surface area contributed by atoms with E-state index in [-0.39, 0.29) is 12.0 Å². The number of thiophene rings is 1. The van der Waals surface area contributed by atoms with Crippen molar-refractivity contribution in [3.8, 4) is 0 Å². The molecule has 0 fully saturated rings. The second kappa shape index (κ2) is 4.99. The third-order valence-corrected chi connectivity index (χ3v) is 2.59. The maximum atomic E-state index is 11.0. The Labute approximate surface area is 81.7 Å². The van der Waals surface area contributed by atoms with E-state index in [1.807, 2.05) is 17.5 Å². The van der Waals surface area contributed by atoms with Gasteiger partial charge in [0, 0.05) is 11.4 Å². The van der Waals surface area contributed by atoms with Gasteiger partial charge < -0.3 is 4.74 Å². The fourth-order valence-corrected chi connectivity index (χ4v) is 1.58. The standard InChI is InChI=1S/C9H13NO2S/c1-7(9(11)12-2)10-6-8-4-3-5-13-8/h3-5,7,10H,6H2,1-2H3. The van der Waals surface area contributed by atoms with E-state index in [9.17, 15) is 4.79 Å². The zero-order chi connectivity index (χ0) is 9.68. The first-order valence-corrected chi connectivity index (χ1v) is 4.95. The summed E-state index contributed by atoms with van der Waals surface area (Å²) < 4.78 is 4.58. The molecule has 1 heterocycles. The van der Waals surface area contributed by atoms with Crippen LogP contribution >= 0.6 is 11.3 Å². The minimum Gasteiger partial charge on any atom is -0.468 e. The zero-order valence-electron chi connectivity index (χ0n) is 7.74. The molecule has 0 aromatic carbocycles. The van der Waals surface area contributed by atoms with E-state index in [2.05, 4.69) is 10.1 Å². The van der Waals surface area contributed by atoms with Crippen LogP contribution in [0.4, 0.5) is 0 Å². The Morgan fingerprint density at radius 1 is 1.77 bits per heavy atom. The monoisotopic (exact) mass is 199 g/mol. The van der Waals surface area contributed by atoms with Crippen LogP contribution in [0.5, 0.6) is 0 Å². The molecule has 1 aromatic heterocycles. The highest BCUT2D eigenvalue weighted by molar-refractivity contribution is 7.09. The molecule has 1 aromatic rings. The maximum Gasteiger partial charge on any atom is 0.322 e. The first-order chi connectivity index (χ1) is 6.24. The average Bonchev–Trinajstić information content (AvgIpc) is 2.65. The highest BCUT2D eigenvalue weighted by atomic mass is 32.1. The molecule has 72 valence electrons. The number of carbonyl (C=O) groups is 1. The van der Waals surface area contributed by atoms with E-state index >= 15 is 0 Å². The SMILES string of the molecule is COC(=O)C(C)NCc1cccs1. The molecule has 1 rings (SSSR count). The van der Waals surface area contributed by atoms with Crippen molar-refractivity contribution in [2.75, 3.05) is 7.11 Å². The van der Waals surface area contributed by atoms with Crippen LogP contribution in [0.1, 0.15) is 11.8 Å². The van der Waals surface area contributed by atoms with Gasteiger partial charge in [-0.05, 0) is 18.4 Å². The van der Waals surface area contributed by atoms with Crippen molar-refractivity contribution in [2.45, 2.75) is 19.5 Å². The van der Waals surface area contributed by atoms with Gasteiger partial charge in [0.1, 0.15) is 6.04 Å². The van der Waals surface area contributed by atoms with Gasteiger partial charge in [-0.2, -0.15) is 0 Å². The van der Waals surface area contributed by atoms with Crippen molar-refractivity contribution in [2.24, 2.45) is 0 Å². The second-order valence-electron chi connectivity index (χ2n) is 2.71. The van der Waals surface area contributed by atoms with Crippen LogP contribution in [0.25, 0.3) is 0 Å². The molecule has 0 spiro atoms. The van der Waals surface area contributed by atoms with Crippen LogP contribution < -0.4 is 5.32 Å². The molecule has 0 bridgehead atoms. The minimum atomic E-state index is -0.243. The molecule has 13 heavy (non-hydrogen) atoms. The first-order valence-electron chi connectivity index (χ1n) is 4.07. The smallest absolute Gasteiger partial charge is 0.322 e. The molecule has 0 aliphatic rings. The van der Waals surface area contributed by atoms with Crippen LogP contribution in [-0.4, -0.2) is 19.1 Å². The lowest BCUT2D eigenvalue weighted by Crippen LogP contribution is -2.34. The molecule has 3 nitrogen and oxygen atoms in total. The van der Waals surface area contributed by atoms with Gasteiger partial charge in [-0.15, -0.1) is 11.3 Å². The fraction of sp³-hybridized carbons (Fsp3) is 0.444. The fourth-order valence-electron chi connectivity index (χ4n) is 0.927. The third-order valence-electron chi connectivity index (χ3n) is 1.72. The average molecular weight is 199 g/mol. The summed E-state index contributed by atoms with van der Waals surface area (Å²) in [5.74, 6) is -0.225. The minimum absolute atomic E-state index is 0.225. The first kappa shape index (κ1) is 10.2. The molecular weight excluding hydrogens is 186 g/mol. The number of methoxy groups -OCH3 is 1. The number of hydrogen-bond acceptors (Lipinski definition) is 4. The summed E-state index contributed by atoms with van der Waals surface area (Å²) in [6.07, 6.45) is 0. The van der Waals surface area contributed by atoms with Crippen molar-refractivity contribution in [1.82, 2.24) is 5.32 Å². The number of nitrogens with one attached hydrogen (secondary N) is 1. The number of esters is 1. The van der Waals surface area contributed by atoms with Crippen LogP contribution in [0, 0.1) is 0 Å². The Morgan fingerprint density at radius 3 is 3.08 bits per heavy atom. The van der Waals surface area contributed by atoms with Gasteiger partial charge >= 0.3 is 5.97 Å². The van der Waals surface area contributed by atoms with Crippen molar-refractivity contribution in [1.29, 1.82) is 0 Å². The molecule has 0 saturated carbocycles. The van der Waals surface area contributed by atoms with Gasteiger partial charge in [0.15, 0.2) is 0 Å². The van der Waals surface area contributed by atoms with Gasteiger partial charge in [0.2, 0.25) is 0 Å². The lowest BCUT2D eigenvalue weighted by Gasteiger charge is -2.09. The van der Waals surface area contributed by atoms with Gasteiger partial charge in [-0.1, -0.05) is 6.07 Å². The summed E-state index contributed by atoms with van der Waals surface area (Å²) in [6.45, 7) is 2.51. The van der Waals surface area contributed by atoms with Crippen molar-refractivity contribution >= 4 is 17.3 Å². The third kappa shape index (κ3) is 3.16. The molecule has 0 amide bonds. The van der Waals surface area contributed by atoms with E-state index in [0.717, 1.165) is 0 Å². The Kier molecular flexibility index (Phi) is 3.92. The topological polar surface area (TPSA) is 38.3 Å². The Balaban J connectivity index is 2.30. The van der Waals surface area contributed by atoms with E-state index in [1.54, 1.807) is 18.3 Å². The molecule has 0 saturated heterocycles. The van der Waals surface area contributed by atoms with E-state index in [1.165, 1.54) is 12.0 Å². The molecule has 0 aliphatic heterocycles.